The van der Waals surface area contributed by atoms with E-state index in [4.69, 9.17) is 15.2 Å². The van der Waals surface area contributed by atoms with E-state index in [1.165, 1.54) is 0 Å². The molecule has 6 nitrogen and oxygen atoms in total. The topological polar surface area (TPSA) is 74.7 Å². The predicted octanol–water partition coefficient (Wildman–Crippen LogP) is 1.69. The number of aromatic nitrogens is 2. The lowest BCUT2D eigenvalue weighted by molar-refractivity contribution is 0.174. The number of anilines is 1. The maximum atomic E-state index is 5.73. The summed E-state index contributed by atoms with van der Waals surface area (Å²) < 4.78 is 12.2. The summed E-state index contributed by atoms with van der Waals surface area (Å²) in [5.41, 5.74) is 8.57. The van der Waals surface area contributed by atoms with Crippen LogP contribution in [0.2, 0.25) is 0 Å². The number of nitrogens with two attached hydrogens (primary N) is 1. The molecule has 0 spiro atoms. The van der Waals surface area contributed by atoms with Crippen LogP contribution >= 0.6 is 0 Å². The Morgan fingerprint density at radius 2 is 2.05 bits per heavy atom. The second-order valence-electron chi connectivity index (χ2n) is 4.39. The molecule has 2 aromatic rings. The van der Waals surface area contributed by atoms with E-state index < -0.39 is 0 Å². The number of imidazole rings is 1. The van der Waals surface area contributed by atoms with Gasteiger partial charge in [0, 0.05) is 5.56 Å². The Labute approximate surface area is 110 Å². The summed E-state index contributed by atoms with van der Waals surface area (Å²) in [7, 11) is 0. The molecule has 2 heterocycles. The van der Waals surface area contributed by atoms with Gasteiger partial charge < -0.3 is 15.2 Å². The molecule has 0 saturated heterocycles. The van der Waals surface area contributed by atoms with Gasteiger partial charge in [-0.2, -0.15) is 5.10 Å². The van der Waals surface area contributed by atoms with Gasteiger partial charge in [-0.05, 0) is 31.5 Å². The van der Waals surface area contributed by atoms with Crippen LogP contribution in [0.1, 0.15) is 16.8 Å². The molecule has 0 saturated carbocycles. The molecule has 6 heteroatoms. The highest BCUT2D eigenvalue weighted by molar-refractivity contribution is 5.83. The monoisotopic (exact) mass is 258 g/mol. The molecule has 0 bridgehead atoms. The third-order valence-electron chi connectivity index (χ3n) is 2.92. The van der Waals surface area contributed by atoms with E-state index in [2.05, 4.69) is 10.1 Å². The molecule has 1 aliphatic heterocycles. The van der Waals surface area contributed by atoms with E-state index >= 15 is 0 Å². The van der Waals surface area contributed by atoms with Crippen molar-refractivity contribution in [2.45, 2.75) is 13.8 Å². The van der Waals surface area contributed by atoms with E-state index in [0.29, 0.717) is 5.95 Å². The largest absolute Gasteiger partial charge is 0.454 e. The Kier molecular flexibility index (Phi) is 2.63. The van der Waals surface area contributed by atoms with Crippen molar-refractivity contribution in [3.8, 4) is 11.5 Å². The average molecular weight is 258 g/mol. The summed E-state index contributed by atoms with van der Waals surface area (Å²) in [5.74, 6) is 1.88. The Morgan fingerprint density at radius 1 is 1.32 bits per heavy atom. The maximum absolute atomic E-state index is 5.73. The van der Waals surface area contributed by atoms with Gasteiger partial charge in [-0.15, -0.1) is 0 Å². The third kappa shape index (κ3) is 2.12. The van der Waals surface area contributed by atoms with E-state index in [1.807, 2.05) is 26.0 Å². The van der Waals surface area contributed by atoms with Crippen molar-refractivity contribution in [1.82, 2.24) is 9.66 Å². The number of hydrogen-bond donors (Lipinski definition) is 1. The number of benzene rings is 1. The molecule has 3 rings (SSSR count). The summed E-state index contributed by atoms with van der Waals surface area (Å²) in [5, 5.41) is 4.29. The van der Waals surface area contributed by atoms with Gasteiger partial charge in [0.05, 0.1) is 18.1 Å². The fourth-order valence-electron chi connectivity index (χ4n) is 1.92. The molecule has 0 aliphatic carbocycles. The summed E-state index contributed by atoms with van der Waals surface area (Å²) in [4.78, 5) is 4.09. The first kappa shape index (κ1) is 11.6. The van der Waals surface area contributed by atoms with Crippen molar-refractivity contribution in [3.05, 3.63) is 35.2 Å². The molecule has 1 aromatic carbocycles. The molecule has 0 unspecified atom stereocenters. The lowest BCUT2D eigenvalue weighted by atomic mass is 10.1. The number of fused-ring (bicyclic) bond motifs is 1. The third-order valence-corrected chi connectivity index (χ3v) is 2.92. The van der Waals surface area contributed by atoms with Crippen molar-refractivity contribution in [3.63, 3.8) is 0 Å². The lowest BCUT2D eigenvalue weighted by Crippen LogP contribution is -1.97. The zero-order valence-corrected chi connectivity index (χ0v) is 10.8. The van der Waals surface area contributed by atoms with Crippen LogP contribution in [0.5, 0.6) is 11.5 Å². The zero-order chi connectivity index (χ0) is 13.4. The van der Waals surface area contributed by atoms with Crippen LogP contribution in [-0.2, 0) is 0 Å². The van der Waals surface area contributed by atoms with Crippen molar-refractivity contribution in [1.29, 1.82) is 0 Å². The highest BCUT2D eigenvalue weighted by Crippen LogP contribution is 2.34. The van der Waals surface area contributed by atoms with Crippen LogP contribution in [0.25, 0.3) is 0 Å². The number of ether oxygens (including phenoxy) is 2. The first-order chi connectivity index (χ1) is 9.13. The molecule has 0 amide bonds. The molecular formula is C13H14N4O2. The molecular weight excluding hydrogens is 244 g/mol. The van der Waals surface area contributed by atoms with Crippen molar-refractivity contribution < 1.29 is 9.47 Å². The van der Waals surface area contributed by atoms with Crippen molar-refractivity contribution >= 4 is 12.2 Å². The van der Waals surface area contributed by atoms with E-state index in [9.17, 15) is 0 Å². The Balaban J connectivity index is 1.93. The van der Waals surface area contributed by atoms with Crippen molar-refractivity contribution in [2.75, 3.05) is 12.5 Å². The van der Waals surface area contributed by atoms with Gasteiger partial charge in [0.15, 0.2) is 11.5 Å². The zero-order valence-electron chi connectivity index (χ0n) is 10.8. The highest BCUT2D eigenvalue weighted by Gasteiger charge is 2.14. The average Bonchev–Trinajstić information content (AvgIpc) is 2.92. The number of rotatable bonds is 2. The molecule has 19 heavy (non-hydrogen) atoms. The Morgan fingerprint density at radius 3 is 2.74 bits per heavy atom. The highest BCUT2D eigenvalue weighted by atomic mass is 16.7. The van der Waals surface area contributed by atoms with Gasteiger partial charge in [0.2, 0.25) is 12.7 Å². The van der Waals surface area contributed by atoms with Crippen LogP contribution in [0.4, 0.5) is 5.95 Å². The van der Waals surface area contributed by atoms with Gasteiger partial charge >= 0.3 is 0 Å². The maximum Gasteiger partial charge on any atom is 0.231 e. The lowest BCUT2D eigenvalue weighted by Gasteiger charge is -2.03. The quantitative estimate of drug-likeness (QED) is 0.832. The number of hydrogen-bond acceptors (Lipinski definition) is 5. The number of aryl methyl sites for hydroxylation is 2. The number of nitrogen functional groups attached to an aromatic ring is 1. The van der Waals surface area contributed by atoms with Crippen LogP contribution in [-0.4, -0.2) is 22.7 Å². The number of nitrogens with zero attached hydrogens (tertiary/aromatic N) is 3. The van der Waals surface area contributed by atoms with E-state index in [0.717, 1.165) is 28.3 Å². The smallest absolute Gasteiger partial charge is 0.231 e. The molecule has 2 N–H and O–H groups in total. The van der Waals surface area contributed by atoms with Gasteiger partial charge in [0.1, 0.15) is 0 Å². The first-order valence-corrected chi connectivity index (χ1v) is 5.89. The molecule has 1 aromatic heterocycles. The van der Waals surface area contributed by atoms with Crippen LogP contribution in [0, 0.1) is 13.8 Å². The normalized spacial score (nSPS) is 13.4. The summed E-state index contributed by atoms with van der Waals surface area (Å²) in [6.07, 6.45) is 3.50. The molecule has 1 aliphatic rings. The molecule has 0 atom stereocenters. The van der Waals surface area contributed by atoms with E-state index in [-0.39, 0.29) is 6.79 Å². The Hall–Kier alpha value is -2.50. The van der Waals surface area contributed by atoms with E-state index in [1.54, 1.807) is 17.1 Å². The SMILES string of the molecule is Cc1cn(N=Cc2cc3c(cc2C)OCO3)c(N)n1. The minimum absolute atomic E-state index is 0.267. The fraction of sp³-hybridized carbons (Fsp3) is 0.231. The fourth-order valence-corrected chi connectivity index (χ4v) is 1.92. The van der Waals surface area contributed by atoms with Crippen LogP contribution in [0.3, 0.4) is 0 Å². The first-order valence-electron chi connectivity index (χ1n) is 5.89. The standard InChI is InChI=1S/C13H14N4O2/c1-8-3-11-12(19-7-18-11)4-10(8)5-15-17-6-9(2)16-13(17)14/h3-6H,7H2,1-2H3,(H2,14,16). The van der Waals surface area contributed by atoms with Crippen LogP contribution < -0.4 is 15.2 Å². The van der Waals surface area contributed by atoms with Gasteiger partial charge in [-0.3, -0.25) is 0 Å². The summed E-state index contributed by atoms with van der Waals surface area (Å²) >= 11 is 0. The molecule has 0 radical (unpaired) electrons. The summed E-state index contributed by atoms with van der Waals surface area (Å²) in [6.45, 7) is 4.13. The second-order valence-corrected chi connectivity index (χ2v) is 4.39. The van der Waals surface area contributed by atoms with Gasteiger partial charge in [-0.25, -0.2) is 9.66 Å². The van der Waals surface area contributed by atoms with Gasteiger partial charge in [-0.1, -0.05) is 0 Å². The predicted molar refractivity (Wildman–Crippen MR) is 71.7 cm³/mol. The second kappa shape index (κ2) is 4.31. The molecule has 98 valence electrons. The van der Waals surface area contributed by atoms with Crippen LogP contribution in [0.15, 0.2) is 23.4 Å². The minimum Gasteiger partial charge on any atom is -0.454 e. The van der Waals surface area contributed by atoms with Gasteiger partial charge in [0.25, 0.3) is 0 Å². The van der Waals surface area contributed by atoms with Crippen molar-refractivity contribution in [2.24, 2.45) is 5.10 Å². The molecule has 0 fully saturated rings. The Bertz CT molecular complexity index is 661. The minimum atomic E-state index is 0.267. The summed E-state index contributed by atoms with van der Waals surface area (Å²) in [6, 6.07) is 3.84.